The molecule has 0 saturated carbocycles. The average molecular weight is 203 g/mol. The highest BCUT2D eigenvalue weighted by atomic mass is 16.5. The van der Waals surface area contributed by atoms with Gasteiger partial charge in [-0.25, -0.2) is 4.98 Å². The van der Waals surface area contributed by atoms with Crippen LogP contribution in [0.15, 0.2) is 18.2 Å². The fraction of sp³-hybridized carbons (Fsp3) is 0.462. The van der Waals surface area contributed by atoms with Crippen molar-refractivity contribution in [3.8, 4) is 17.7 Å². The molecule has 80 valence electrons. The molecule has 0 N–H and O–H groups in total. The van der Waals surface area contributed by atoms with Crippen LogP contribution in [0.4, 0.5) is 0 Å². The second kappa shape index (κ2) is 6.08. The first-order valence-corrected chi connectivity index (χ1v) is 5.28. The molecule has 2 nitrogen and oxygen atoms in total. The van der Waals surface area contributed by atoms with Crippen LogP contribution in [0.1, 0.15) is 32.9 Å². The van der Waals surface area contributed by atoms with Crippen LogP contribution < -0.4 is 4.74 Å². The van der Waals surface area contributed by atoms with Gasteiger partial charge in [0.15, 0.2) is 0 Å². The summed E-state index contributed by atoms with van der Waals surface area (Å²) in [4.78, 5) is 4.27. The number of pyridine rings is 1. The second-order valence-corrected chi connectivity index (χ2v) is 3.56. The van der Waals surface area contributed by atoms with Gasteiger partial charge in [-0.1, -0.05) is 32.3 Å². The van der Waals surface area contributed by atoms with E-state index in [0.29, 0.717) is 18.4 Å². The van der Waals surface area contributed by atoms with Crippen molar-refractivity contribution in [3.63, 3.8) is 0 Å². The van der Waals surface area contributed by atoms with Gasteiger partial charge in [-0.3, -0.25) is 0 Å². The molecule has 2 heteroatoms. The highest BCUT2D eigenvalue weighted by Crippen LogP contribution is 2.09. The predicted molar refractivity (Wildman–Crippen MR) is 61.7 cm³/mol. The van der Waals surface area contributed by atoms with Gasteiger partial charge in [-0.15, -0.1) is 0 Å². The van der Waals surface area contributed by atoms with Crippen LogP contribution in [0.3, 0.4) is 0 Å². The summed E-state index contributed by atoms with van der Waals surface area (Å²) in [5.41, 5.74) is 0.763. The molecule has 0 radical (unpaired) electrons. The molecule has 0 aromatic carbocycles. The van der Waals surface area contributed by atoms with E-state index in [0.717, 1.165) is 12.1 Å². The normalized spacial score (nSPS) is 11.4. The Morgan fingerprint density at radius 3 is 2.93 bits per heavy atom. The van der Waals surface area contributed by atoms with Gasteiger partial charge >= 0.3 is 0 Å². The van der Waals surface area contributed by atoms with Crippen molar-refractivity contribution in [1.82, 2.24) is 4.98 Å². The molecule has 0 saturated heterocycles. The maximum atomic E-state index is 5.57. The van der Waals surface area contributed by atoms with E-state index in [2.05, 4.69) is 30.7 Å². The van der Waals surface area contributed by atoms with Gasteiger partial charge in [-0.2, -0.15) is 0 Å². The number of nitrogens with zero attached hydrogens (tertiary/aromatic N) is 1. The average Bonchev–Trinajstić information content (AvgIpc) is 2.27. The smallest absolute Gasteiger partial charge is 0.214 e. The molecule has 1 unspecified atom stereocenters. The van der Waals surface area contributed by atoms with Crippen LogP contribution in [0, 0.1) is 17.8 Å². The third kappa shape index (κ3) is 4.03. The van der Waals surface area contributed by atoms with Gasteiger partial charge in [-0.05, 0) is 24.8 Å². The lowest BCUT2D eigenvalue weighted by molar-refractivity contribution is 0.247. The molecule has 0 fully saturated rings. The Balaban J connectivity index is 2.60. The molecule has 0 spiro atoms. The van der Waals surface area contributed by atoms with Gasteiger partial charge < -0.3 is 4.74 Å². The Hall–Kier alpha value is -1.49. The molecule has 1 aromatic heterocycles. The van der Waals surface area contributed by atoms with E-state index in [1.807, 2.05) is 18.2 Å². The standard InChI is InChI=1S/C13H17NO/c1-4-7-12-8-6-9-13(14-12)15-10-11(3)5-2/h6,8-9,11H,5,10H2,1-3H3. The van der Waals surface area contributed by atoms with E-state index in [1.165, 1.54) is 0 Å². The van der Waals surface area contributed by atoms with Crippen LogP contribution in [0.25, 0.3) is 0 Å². The first-order chi connectivity index (χ1) is 7.26. The summed E-state index contributed by atoms with van der Waals surface area (Å²) in [5.74, 6) is 6.95. The van der Waals surface area contributed by atoms with Crippen LogP contribution in [0.5, 0.6) is 5.88 Å². The maximum Gasteiger partial charge on any atom is 0.214 e. The predicted octanol–water partition coefficient (Wildman–Crippen LogP) is 2.88. The lowest BCUT2D eigenvalue weighted by atomic mass is 10.1. The van der Waals surface area contributed by atoms with E-state index in [4.69, 9.17) is 4.74 Å². The summed E-state index contributed by atoms with van der Waals surface area (Å²) in [7, 11) is 0. The minimum atomic E-state index is 0.563. The van der Waals surface area contributed by atoms with Crippen molar-refractivity contribution in [1.29, 1.82) is 0 Å². The van der Waals surface area contributed by atoms with Gasteiger partial charge in [0.05, 0.1) is 6.61 Å². The molecule has 1 atom stereocenters. The SMILES string of the molecule is CC#Cc1cccc(OCC(C)CC)n1. The number of ether oxygens (including phenoxy) is 1. The summed E-state index contributed by atoms with van der Waals surface area (Å²) in [5, 5.41) is 0. The Bertz CT molecular complexity index is 362. The lowest BCUT2D eigenvalue weighted by Gasteiger charge is -2.09. The highest BCUT2D eigenvalue weighted by molar-refractivity contribution is 5.29. The minimum absolute atomic E-state index is 0.563. The van der Waals surface area contributed by atoms with Gasteiger partial charge in [0.1, 0.15) is 5.69 Å². The summed E-state index contributed by atoms with van der Waals surface area (Å²) in [6, 6.07) is 5.66. The van der Waals surface area contributed by atoms with E-state index >= 15 is 0 Å². The molecule has 0 aliphatic rings. The molecule has 1 aromatic rings. The number of aromatic nitrogens is 1. The Labute approximate surface area is 91.7 Å². The first-order valence-electron chi connectivity index (χ1n) is 5.28. The van der Waals surface area contributed by atoms with Gasteiger partial charge in [0.2, 0.25) is 5.88 Å². The molecule has 15 heavy (non-hydrogen) atoms. The molecule has 0 aliphatic carbocycles. The number of hydrogen-bond donors (Lipinski definition) is 0. The van der Waals surface area contributed by atoms with E-state index < -0.39 is 0 Å². The van der Waals surface area contributed by atoms with Crippen LogP contribution in [-0.2, 0) is 0 Å². The summed E-state index contributed by atoms with van der Waals surface area (Å²) < 4.78 is 5.57. The summed E-state index contributed by atoms with van der Waals surface area (Å²) >= 11 is 0. The van der Waals surface area contributed by atoms with E-state index in [1.54, 1.807) is 6.92 Å². The van der Waals surface area contributed by atoms with Crippen molar-refractivity contribution in [2.24, 2.45) is 5.92 Å². The Morgan fingerprint density at radius 1 is 1.47 bits per heavy atom. The third-order valence-electron chi connectivity index (χ3n) is 2.19. The van der Waals surface area contributed by atoms with Crippen LogP contribution in [0.2, 0.25) is 0 Å². The Kier molecular flexibility index (Phi) is 4.70. The summed E-state index contributed by atoms with van der Waals surface area (Å²) in [6.07, 6.45) is 1.12. The third-order valence-corrected chi connectivity index (χ3v) is 2.19. The molecule has 0 bridgehead atoms. The largest absolute Gasteiger partial charge is 0.477 e. The van der Waals surface area contributed by atoms with Crippen molar-refractivity contribution in [2.45, 2.75) is 27.2 Å². The molecule has 0 aliphatic heterocycles. The Morgan fingerprint density at radius 2 is 2.27 bits per heavy atom. The fourth-order valence-electron chi connectivity index (χ4n) is 1.04. The van der Waals surface area contributed by atoms with Gasteiger partial charge in [0.25, 0.3) is 0 Å². The van der Waals surface area contributed by atoms with Crippen LogP contribution in [-0.4, -0.2) is 11.6 Å². The van der Waals surface area contributed by atoms with E-state index in [9.17, 15) is 0 Å². The lowest BCUT2D eigenvalue weighted by Crippen LogP contribution is -2.08. The molecule has 1 rings (SSSR count). The zero-order valence-corrected chi connectivity index (χ0v) is 9.58. The minimum Gasteiger partial charge on any atom is -0.477 e. The zero-order valence-electron chi connectivity index (χ0n) is 9.58. The maximum absolute atomic E-state index is 5.57. The van der Waals surface area contributed by atoms with Crippen LogP contribution >= 0.6 is 0 Å². The zero-order chi connectivity index (χ0) is 11.1. The highest BCUT2D eigenvalue weighted by Gasteiger charge is 2.01. The molecule has 0 amide bonds. The second-order valence-electron chi connectivity index (χ2n) is 3.56. The monoisotopic (exact) mass is 203 g/mol. The van der Waals surface area contributed by atoms with Crippen molar-refractivity contribution in [3.05, 3.63) is 23.9 Å². The molecular weight excluding hydrogens is 186 g/mol. The first kappa shape index (κ1) is 11.6. The van der Waals surface area contributed by atoms with E-state index in [-0.39, 0.29) is 0 Å². The summed E-state index contributed by atoms with van der Waals surface area (Å²) in [6.45, 7) is 6.83. The fourth-order valence-corrected chi connectivity index (χ4v) is 1.04. The van der Waals surface area contributed by atoms with Crippen molar-refractivity contribution >= 4 is 0 Å². The number of rotatable bonds is 4. The molecular formula is C13H17NO. The quantitative estimate of drug-likeness (QED) is 0.702. The number of hydrogen-bond acceptors (Lipinski definition) is 2. The van der Waals surface area contributed by atoms with Crippen molar-refractivity contribution in [2.75, 3.05) is 6.61 Å². The molecule has 1 heterocycles. The van der Waals surface area contributed by atoms with Gasteiger partial charge in [0, 0.05) is 6.07 Å². The topological polar surface area (TPSA) is 22.1 Å². The van der Waals surface area contributed by atoms with Crippen molar-refractivity contribution < 1.29 is 4.74 Å².